The molecule has 1 aromatic carbocycles. The van der Waals surface area contributed by atoms with E-state index in [4.69, 9.17) is 10.5 Å². The highest BCUT2D eigenvalue weighted by atomic mass is 32.1. The number of hydrogen-bond acceptors (Lipinski definition) is 4. The second-order valence-corrected chi connectivity index (χ2v) is 6.17. The van der Waals surface area contributed by atoms with E-state index >= 15 is 0 Å². The highest BCUT2D eigenvalue weighted by Gasteiger charge is 2.33. The summed E-state index contributed by atoms with van der Waals surface area (Å²) in [6.07, 6.45) is 2.16. The maximum Gasteiger partial charge on any atom is 0.264 e. The Bertz CT molecular complexity index is 649. The molecule has 3 rings (SSSR count). The van der Waals surface area contributed by atoms with Gasteiger partial charge in [-0.15, -0.1) is 11.3 Å². The van der Waals surface area contributed by atoms with Crippen LogP contribution in [0, 0.1) is 0 Å². The van der Waals surface area contributed by atoms with Gasteiger partial charge in [0.2, 0.25) is 0 Å². The molecule has 4 nitrogen and oxygen atoms in total. The third-order valence-electron chi connectivity index (χ3n) is 3.57. The summed E-state index contributed by atoms with van der Waals surface area (Å²) in [6, 6.07) is 9.88. The summed E-state index contributed by atoms with van der Waals surface area (Å²) in [5.74, 6) is 0.816. The lowest BCUT2D eigenvalue weighted by atomic mass is 10.2. The van der Waals surface area contributed by atoms with Gasteiger partial charge in [0.05, 0.1) is 12.0 Å². The Labute approximate surface area is 128 Å². The van der Waals surface area contributed by atoms with Gasteiger partial charge < -0.3 is 15.4 Å². The van der Waals surface area contributed by atoms with Crippen molar-refractivity contribution in [2.24, 2.45) is 0 Å². The number of methoxy groups -OCH3 is 1. The third-order valence-corrected chi connectivity index (χ3v) is 4.47. The van der Waals surface area contributed by atoms with Crippen molar-refractivity contribution >= 4 is 22.9 Å². The maximum atomic E-state index is 12.7. The molecule has 1 saturated carbocycles. The van der Waals surface area contributed by atoms with E-state index in [0.717, 1.165) is 34.7 Å². The first-order valence-electron chi connectivity index (χ1n) is 6.95. The smallest absolute Gasteiger partial charge is 0.264 e. The predicted octanol–water partition coefficient (Wildman–Crippen LogP) is 3.14. The fourth-order valence-electron chi connectivity index (χ4n) is 2.32. The summed E-state index contributed by atoms with van der Waals surface area (Å²) < 4.78 is 5.16. The van der Waals surface area contributed by atoms with Crippen LogP contribution in [0.15, 0.2) is 35.7 Å². The molecule has 0 atom stereocenters. The summed E-state index contributed by atoms with van der Waals surface area (Å²) >= 11 is 1.43. The number of nitrogen functional groups attached to an aromatic ring is 1. The number of nitrogens with two attached hydrogens (primary N) is 1. The molecule has 0 radical (unpaired) electrons. The SMILES string of the molecule is COc1csc(C(=O)N(Cc2cccc(N)c2)C2CC2)c1. The minimum Gasteiger partial charge on any atom is -0.496 e. The van der Waals surface area contributed by atoms with Crippen LogP contribution >= 0.6 is 11.3 Å². The van der Waals surface area contributed by atoms with E-state index in [1.165, 1.54) is 11.3 Å². The zero-order chi connectivity index (χ0) is 14.8. The minimum absolute atomic E-state index is 0.0771. The molecule has 1 aromatic heterocycles. The predicted molar refractivity (Wildman–Crippen MR) is 84.6 cm³/mol. The van der Waals surface area contributed by atoms with Crippen LogP contribution in [-0.4, -0.2) is 24.0 Å². The van der Waals surface area contributed by atoms with Crippen LogP contribution < -0.4 is 10.5 Å². The summed E-state index contributed by atoms with van der Waals surface area (Å²) in [4.78, 5) is 15.4. The number of hydrogen-bond donors (Lipinski definition) is 1. The van der Waals surface area contributed by atoms with Gasteiger partial charge in [0, 0.05) is 29.7 Å². The molecule has 0 saturated heterocycles. The first kappa shape index (κ1) is 13.9. The van der Waals surface area contributed by atoms with Crippen molar-refractivity contribution < 1.29 is 9.53 Å². The Morgan fingerprint density at radius 2 is 2.24 bits per heavy atom. The molecule has 1 aliphatic rings. The van der Waals surface area contributed by atoms with Gasteiger partial charge in [-0.2, -0.15) is 0 Å². The van der Waals surface area contributed by atoms with Crippen LogP contribution in [-0.2, 0) is 6.54 Å². The van der Waals surface area contributed by atoms with E-state index < -0.39 is 0 Å². The number of benzene rings is 1. The molecule has 1 fully saturated rings. The van der Waals surface area contributed by atoms with Crippen LogP contribution in [0.5, 0.6) is 5.75 Å². The van der Waals surface area contributed by atoms with Gasteiger partial charge in [-0.25, -0.2) is 0 Å². The number of nitrogens with zero attached hydrogens (tertiary/aromatic N) is 1. The highest BCUT2D eigenvalue weighted by Crippen LogP contribution is 2.32. The maximum absolute atomic E-state index is 12.7. The Kier molecular flexibility index (Phi) is 3.84. The Morgan fingerprint density at radius 3 is 2.86 bits per heavy atom. The van der Waals surface area contributed by atoms with Gasteiger partial charge in [0.15, 0.2) is 0 Å². The molecule has 0 bridgehead atoms. The van der Waals surface area contributed by atoms with Gasteiger partial charge in [-0.1, -0.05) is 12.1 Å². The number of carbonyl (C=O) groups excluding carboxylic acids is 1. The quantitative estimate of drug-likeness (QED) is 0.863. The Morgan fingerprint density at radius 1 is 1.43 bits per heavy atom. The first-order chi connectivity index (χ1) is 10.2. The first-order valence-corrected chi connectivity index (χ1v) is 7.83. The van der Waals surface area contributed by atoms with Crippen molar-refractivity contribution in [3.8, 4) is 5.75 Å². The van der Waals surface area contributed by atoms with E-state index in [2.05, 4.69) is 0 Å². The van der Waals surface area contributed by atoms with Gasteiger partial charge >= 0.3 is 0 Å². The number of thiophene rings is 1. The molecular formula is C16H18N2O2S. The van der Waals surface area contributed by atoms with Crippen molar-refractivity contribution in [3.63, 3.8) is 0 Å². The van der Waals surface area contributed by atoms with Crippen LogP contribution in [0.4, 0.5) is 5.69 Å². The van der Waals surface area contributed by atoms with Crippen molar-refractivity contribution in [1.82, 2.24) is 4.90 Å². The van der Waals surface area contributed by atoms with E-state index in [-0.39, 0.29) is 5.91 Å². The second-order valence-electron chi connectivity index (χ2n) is 5.26. The van der Waals surface area contributed by atoms with Crippen molar-refractivity contribution in [2.75, 3.05) is 12.8 Å². The number of carbonyl (C=O) groups is 1. The standard InChI is InChI=1S/C16H18N2O2S/c1-20-14-8-15(21-10-14)16(19)18(13-5-6-13)9-11-3-2-4-12(17)7-11/h2-4,7-8,10,13H,5-6,9,17H2,1H3. The highest BCUT2D eigenvalue weighted by molar-refractivity contribution is 7.12. The molecule has 0 unspecified atom stereocenters. The van der Waals surface area contributed by atoms with E-state index in [0.29, 0.717) is 12.6 Å². The topological polar surface area (TPSA) is 55.6 Å². The molecule has 5 heteroatoms. The molecule has 21 heavy (non-hydrogen) atoms. The minimum atomic E-state index is 0.0771. The summed E-state index contributed by atoms with van der Waals surface area (Å²) in [5.41, 5.74) is 7.62. The molecule has 2 aromatic rings. The van der Waals surface area contributed by atoms with Gasteiger partial charge in [0.1, 0.15) is 5.75 Å². The van der Waals surface area contributed by atoms with Gasteiger partial charge in [-0.3, -0.25) is 4.79 Å². The van der Waals surface area contributed by atoms with Crippen LogP contribution in [0.2, 0.25) is 0 Å². The van der Waals surface area contributed by atoms with Crippen molar-refractivity contribution in [2.45, 2.75) is 25.4 Å². The summed E-state index contributed by atoms with van der Waals surface area (Å²) in [7, 11) is 1.61. The Hall–Kier alpha value is -2.01. The van der Waals surface area contributed by atoms with E-state index in [1.807, 2.05) is 40.6 Å². The fourth-order valence-corrected chi connectivity index (χ4v) is 3.13. The normalized spacial score (nSPS) is 14.0. The molecule has 1 heterocycles. The lowest BCUT2D eigenvalue weighted by Gasteiger charge is -2.22. The third kappa shape index (κ3) is 3.19. The largest absolute Gasteiger partial charge is 0.496 e. The summed E-state index contributed by atoms with van der Waals surface area (Å²) in [6.45, 7) is 0.606. The number of ether oxygens (including phenoxy) is 1. The van der Waals surface area contributed by atoms with Crippen LogP contribution in [0.25, 0.3) is 0 Å². The van der Waals surface area contributed by atoms with Gasteiger partial charge in [0.25, 0.3) is 5.91 Å². The van der Waals surface area contributed by atoms with Crippen molar-refractivity contribution in [1.29, 1.82) is 0 Å². The lowest BCUT2D eigenvalue weighted by Crippen LogP contribution is -2.32. The fraction of sp³-hybridized carbons (Fsp3) is 0.312. The average Bonchev–Trinajstić information content (AvgIpc) is 3.20. The second kappa shape index (κ2) is 5.77. The van der Waals surface area contributed by atoms with Crippen LogP contribution in [0.3, 0.4) is 0 Å². The van der Waals surface area contributed by atoms with E-state index in [9.17, 15) is 4.79 Å². The average molecular weight is 302 g/mol. The Balaban J connectivity index is 1.79. The van der Waals surface area contributed by atoms with Gasteiger partial charge in [-0.05, 0) is 30.5 Å². The number of anilines is 1. The van der Waals surface area contributed by atoms with E-state index in [1.54, 1.807) is 7.11 Å². The molecule has 2 N–H and O–H groups in total. The van der Waals surface area contributed by atoms with Crippen molar-refractivity contribution in [3.05, 3.63) is 46.2 Å². The monoisotopic (exact) mass is 302 g/mol. The molecule has 110 valence electrons. The molecule has 1 aliphatic carbocycles. The molecule has 1 amide bonds. The molecule has 0 aliphatic heterocycles. The lowest BCUT2D eigenvalue weighted by molar-refractivity contribution is 0.0734. The molecule has 0 spiro atoms. The zero-order valence-electron chi connectivity index (χ0n) is 11.9. The molecular weight excluding hydrogens is 284 g/mol. The van der Waals surface area contributed by atoms with Crippen LogP contribution in [0.1, 0.15) is 28.1 Å². The summed E-state index contributed by atoms with van der Waals surface area (Å²) in [5, 5.41) is 1.86. The number of amides is 1. The number of rotatable bonds is 5. The zero-order valence-corrected chi connectivity index (χ0v) is 12.7.